The average molecular weight is 468 g/mol. The molecule has 2 rings (SSSR count). The summed E-state index contributed by atoms with van der Waals surface area (Å²) in [7, 11) is 0. The van der Waals surface area contributed by atoms with Crippen LogP contribution >= 0.6 is 24.0 Å². The number of aryl methyl sites for hydroxylation is 1. The molecule has 25 heavy (non-hydrogen) atoms. The summed E-state index contributed by atoms with van der Waals surface area (Å²) in [6.07, 6.45) is 0. The van der Waals surface area contributed by atoms with Gasteiger partial charge in [-0.25, -0.2) is 4.99 Å². The Labute approximate surface area is 165 Å². The van der Waals surface area contributed by atoms with Crippen LogP contribution in [0.2, 0.25) is 0 Å². The first-order chi connectivity index (χ1) is 11.5. The minimum absolute atomic E-state index is 0. The van der Waals surface area contributed by atoms with Gasteiger partial charge in [-0.15, -0.1) is 24.0 Å². The van der Waals surface area contributed by atoms with E-state index in [0.29, 0.717) is 37.3 Å². The van der Waals surface area contributed by atoms with Gasteiger partial charge in [0.2, 0.25) is 5.89 Å². The number of β-amino-alcohol motifs (C(OH)–C–C–N with tert-alkyl or cyclic N) is 1. The maximum absolute atomic E-state index is 10.6. The van der Waals surface area contributed by atoms with Crippen molar-refractivity contribution in [3.63, 3.8) is 0 Å². The molecule has 0 aromatic carbocycles. The number of ether oxygens (including phenoxy) is 1. The third-order valence-electron chi connectivity index (χ3n) is 3.60. The van der Waals surface area contributed by atoms with Crippen molar-refractivity contribution in [1.29, 1.82) is 0 Å². The summed E-state index contributed by atoms with van der Waals surface area (Å²) in [6, 6.07) is 0. The molecule has 0 aliphatic carbocycles. The molecule has 0 bridgehead atoms. The summed E-state index contributed by atoms with van der Waals surface area (Å²) in [6.45, 7) is 10.7. The van der Waals surface area contributed by atoms with Gasteiger partial charge < -0.3 is 25.0 Å². The van der Waals surface area contributed by atoms with E-state index in [1.54, 1.807) is 6.92 Å². The van der Waals surface area contributed by atoms with E-state index in [2.05, 4.69) is 30.7 Å². The molecule has 0 spiro atoms. The molecule has 1 aromatic rings. The lowest BCUT2D eigenvalue weighted by Crippen LogP contribution is -2.52. The van der Waals surface area contributed by atoms with Gasteiger partial charge in [0.15, 0.2) is 11.8 Å². The predicted octanol–water partition coefficient (Wildman–Crippen LogP) is 0.134. The molecule has 1 fully saturated rings. The van der Waals surface area contributed by atoms with E-state index in [1.807, 2.05) is 13.8 Å². The van der Waals surface area contributed by atoms with Crippen molar-refractivity contribution >= 4 is 29.9 Å². The number of rotatable bonds is 7. The molecule has 1 aliphatic heterocycles. The second-order valence-corrected chi connectivity index (χ2v) is 6.16. The Bertz CT molecular complexity index is 531. The van der Waals surface area contributed by atoms with Gasteiger partial charge >= 0.3 is 0 Å². The van der Waals surface area contributed by atoms with E-state index in [-0.39, 0.29) is 24.0 Å². The molecule has 1 aromatic heterocycles. The normalized spacial score (nSPS) is 18.3. The number of hydrogen-bond donors (Lipinski definition) is 3. The lowest BCUT2D eigenvalue weighted by atomic mass is 10.1. The van der Waals surface area contributed by atoms with Gasteiger partial charge in [-0.3, -0.25) is 4.90 Å². The fourth-order valence-corrected chi connectivity index (χ4v) is 2.47. The molecule has 0 amide bonds. The number of guanidine groups is 1. The number of morpholine rings is 1. The Balaban J connectivity index is 0.00000312. The van der Waals surface area contributed by atoms with E-state index in [9.17, 15) is 5.11 Å². The molecule has 0 radical (unpaired) electrons. The van der Waals surface area contributed by atoms with Crippen LogP contribution < -0.4 is 10.6 Å². The standard InChI is InChI=1S/C15H28N6O3.HI/c1-4-16-14(17-9-13-19-12(2)24-20-13)18-10-15(3,22)11-21-5-7-23-8-6-21;/h22H,4-11H2,1-3H3,(H2,16,17,18);1H. The Morgan fingerprint density at radius 2 is 2.08 bits per heavy atom. The molecule has 10 heteroatoms. The molecule has 3 N–H and O–H groups in total. The first-order valence-corrected chi connectivity index (χ1v) is 8.32. The van der Waals surface area contributed by atoms with Crippen molar-refractivity contribution in [2.24, 2.45) is 4.99 Å². The number of aromatic nitrogens is 2. The first kappa shape index (κ1) is 22.1. The van der Waals surface area contributed by atoms with Crippen molar-refractivity contribution < 1.29 is 14.4 Å². The van der Waals surface area contributed by atoms with Crippen molar-refractivity contribution in [1.82, 2.24) is 25.7 Å². The summed E-state index contributed by atoms with van der Waals surface area (Å²) < 4.78 is 10.3. The van der Waals surface area contributed by atoms with Crippen LogP contribution in [0.5, 0.6) is 0 Å². The van der Waals surface area contributed by atoms with E-state index < -0.39 is 5.60 Å². The third-order valence-corrected chi connectivity index (χ3v) is 3.60. The van der Waals surface area contributed by atoms with Crippen molar-refractivity contribution in [2.75, 3.05) is 45.9 Å². The molecule has 1 atom stereocenters. The fourth-order valence-electron chi connectivity index (χ4n) is 2.47. The van der Waals surface area contributed by atoms with Gasteiger partial charge in [0.25, 0.3) is 0 Å². The van der Waals surface area contributed by atoms with Gasteiger partial charge in [-0.2, -0.15) is 4.98 Å². The van der Waals surface area contributed by atoms with E-state index in [0.717, 1.165) is 32.8 Å². The van der Waals surface area contributed by atoms with Crippen LogP contribution in [-0.4, -0.2) is 77.6 Å². The summed E-state index contributed by atoms with van der Waals surface area (Å²) in [5, 5.41) is 20.7. The van der Waals surface area contributed by atoms with Crippen LogP contribution in [0, 0.1) is 6.92 Å². The summed E-state index contributed by atoms with van der Waals surface area (Å²) >= 11 is 0. The molecule has 144 valence electrons. The lowest BCUT2D eigenvalue weighted by molar-refractivity contribution is -0.0201. The minimum Gasteiger partial charge on any atom is -0.387 e. The number of nitrogens with zero attached hydrogens (tertiary/aromatic N) is 4. The zero-order chi connectivity index (χ0) is 17.4. The number of aliphatic imine (C=N–C) groups is 1. The van der Waals surface area contributed by atoms with Gasteiger partial charge in [0.05, 0.1) is 18.8 Å². The fraction of sp³-hybridized carbons (Fsp3) is 0.800. The highest BCUT2D eigenvalue weighted by Crippen LogP contribution is 2.07. The highest BCUT2D eigenvalue weighted by molar-refractivity contribution is 14.0. The topological polar surface area (TPSA) is 108 Å². The maximum Gasteiger partial charge on any atom is 0.223 e. The van der Waals surface area contributed by atoms with E-state index >= 15 is 0 Å². The molecule has 1 aliphatic rings. The van der Waals surface area contributed by atoms with Crippen molar-refractivity contribution in [2.45, 2.75) is 32.9 Å². The van der Waals surface area contributed by atoms with Crippen LogP contribution in [0.3, 0.4) is 0 Å². The molecular weight excluding hydrogens is 439 g/mol. The van der Waals surface area contributed by atoms with Crippen LogP contribution in [-0.2, 0) is 11.3 Å². The van der Waals surface area contributed by atoms with Gasteiger partial charge in [0, 0.05) is 39.6 Å². The molecule has 1 saturated heterocycles. The van der Waals surface area contributed by atoms with Gasteiger partial charge in [-0.1, -0.05) is 5.16 Å². The SMILES string of the molecule is CCNC(=NCc1noc(C)n1)NCC(C)(O)CN1CCOCC1.I. The molecule has 1 unspecified atom stereocenters. The van der Waals surface area contributed by atoms with Gasteiger partial charge in [0.1, 0.15) is 6.54 Å². The highest BCUT2D eigenvalue weighted by atomic mass is 127. The number of nitrogens with one attached hydrogen (secondary N) is 2. The van der Waals surface area contributed by atoms with Crippen LogP contribution in [0.15, 0.2) is 9.52 Å². The average Bonchev–Trinajstić information content (AvgIpc) is 2.96. The highest BCUT2D eigenvalue weighted by Gasteiger charge is 2.25. The monoisotopic (exact) mass is 468 g/mol. The first-order valence-electron chi connectivity index (χ1n) is 8.32. The Hall–Kier alpha value is -0.980. The van der Waals surface area contributed by atoms with E-state index in [1.165, 1.54) is 0 Å². The summed E-state index contributed by atoms with van der Waals surface area (Å²) in [5.41, 5.74) is -0.865. The number of hydrogen-bond acceptors (Lipinski definition) is 7. The zero-order valence-corrected chi connectivity index (χ0v) is 17.4. The number of halogens is 1. The molecule has 9 nitrogen and oxygen atoms in total. The number of aliphatic hydroxyl groups is 1. The molecule has 0 saturated carbocycles. The predicted molar refractivity (Wildman–Crippen MR) is 105 cm³/mol. The van der Waals surface area contributed by atoms with Crippen LogP contribution in [0.1, 0.15) is 25.6 Å². The maximum atomic E-state index is 10.6. The third kappa shape index (κ3) is 8.29. The smallest absolute Gasteiger partial charge is 0.223 e. The largest absolute Gasteiger partial charge is 0.387 e. The van der Waals surface area contributed by atoms with Crippen molar-refractivity contribution in [3.05, 3.63) is 11.7 Å². The van der Waals surface area contributed by atoms with Crippen molar-refractivity contribution in [3.8, 4) is 0 Å². The quantitative estimate of drug-likeness (QED) is 0.295. The minimum atomic E-state index is -0.865. The second kappa shape index (κ2) is 10.9. The zero-order valence-electron chi connectivity index (χ0n) is 15.1. The molecular formula is C15H29IN6O3. The Morgan fingerprint density at radius 3 is 2.68 bits per heavy atom. The van der Waals surface area contributed by atoms with Gasteiger partial charge in [-0.05, 0) is 13.8 Å². The Morgan fingerprint density at radius 1 is 1.36 bits per heavy atom. The summed E-state index contributed by atoms with van der Waals surface area (Å²) in [5.74, 6) is 1.67. The van der Waals surface area contributed by atoms with Crippen LogP contribution in [0.25, 0.3) is 0 Å². The summed E-state index contributed by atoms with van der Waals surface area (Å²) in [4.78, 5) is 10.7. The Kier molecular flexibility index (Phi) is 9.61. The lowest BCUT2D eigenvalue weighted by Gasteiger charge is -2.34. The van der Waals surface area contributed by atoms with Crippen LogP contribution in [0.4, 0.5) is 0 Å². The molecule has 2 heterocycles. The van der Waals surface area contributed by atoms with E-state index in [4.69, 9.17) is 9.26 Å². The second-order valence-electron chi connectivity index (χ2n) is 6.16.